The largest absolute Gasteiger partial charge is 0.361 e. The molecule has 0 amide bonds. The van der Waals surface area contributed by atoms with Crippen LogP contribution in [0.4, 0.5) is 0 Å². The summed E-state index contributed by atoms with van der Waals surface area (Å²) in [4.78, 5) is 27.2. The number of H-pyrrole nitrogens is 2. The van der Waals surface area contributed by atoms with E-state index < -0.39 is 11.2 Å². The topological polar surface area (TPSA) is 91.8 Å². The Labute approximate surface area is 114 Å². The Balaban J connectivity index is 1.94. The molecular formula is C14H15N3O3. The van der Waals surface area contributed by atoms with Crippen LogP contribution in [0.2, 0.25) is 0 Å². The van der Waals surface area contributed by atoms with Gasteiger partial charge in [0.05, 0.1) is 11.3 Å². The Morgan fingerprint density at radius 3 is 2.80 bits per heavy atom. The van der Waals surface area contributed by atoms with E-state index in [4.69, 9.17) is 4.52 Å². The standard InChI is InChI=1S/C14H15N3O3/c1-8-11(12(17-20-8)9-3-2-4-9)6-5-10-7-15-14(19)16-13(10)18/h5-7,9H,2-4H2,1H3,(H2,15,16,18,19)/b6-5+. The van der Waals surface area contributed by atoms with Crippen LogP contribution in [0.5, 0.6) is 0 Å². The van der Waals surface area contributed by atoms with Crippen molar-refractivity contribution in [2.45, 2.75) is 32.1 Å². The Kier molecular flexibility index (Phi) is 3.14. The SMILES string of the molecule is Cc1onc(C2CCC2)c1/C=C/c1c[nH]c(=O)[nH]c1=O. The Bertz CT molecular complexity index is 762. The van der Waals surface area contributed by atoms with Crippen LogP contribution in [-0.4, -0.2) is 15.1 Å². The van der Waals surface area contributed by atoms with E-state index in [2.05, 4.69) is 15.1 Å². The van der Waals surface area contributed by atoms with Gasteiger partial charge in [0, 0.05) is 17.7 Å². The van der Waals surface area contributed by atoms with Crippen molar-refractivity contribution >= 4 is 12.2 Å². The highest BCUT2D eigenvalue weighted by molar-refractivity contribution is 5.71. The first kappa shape index (κ1) is 12.7. The molecule has 0 spiro atoms. The number of aromatic amines is 2. The molecule has 0 aliphatic heterocycles. The smallest absolute Gasteiger partial charge is 0.325 e. The molecule has 6 heteroatoms. The van der Waals surface area contributed by atoms with Gasteiger partial charge in [-0.2, -0.15) is 0 Å². The van der Waals surface area contributed by atoms with Crippen LogP contribution in [0.25, 0.3) is 12.2 Å². The number of nitrogens with one attached hydrogen (secondary N) is 2. The van der Waals surface area contributed by atoms with Gasteiger partial charge in [0.25, 0.3) is 5.56 Å². The summed E-state index contributed by atoms with van der Waals surface area (Å²) in [5.74, 6) is 1.20. The molecule has 20 heavy (non-hydrogen) atoms. The summed E-state index contributed by atoms with van der Waals surface area (Å²) in [6, 6.07) is 0. The monoisotopic (exact) mass is 273 g/mol. The fraction of sp³-hybridized carbons (Fsp3) is 0.357. The maximum Gasteiger partial charge on any atom is 0.325 e. The molecule has 1 fully saturated rings. The zero-order valence-corrected chi connectivity index (χ0v) is 11.1. The molecule has 1 aliphatic carbocycles. The second-order valence-corrected chi connectivity index (χ2v) is 5.03. The van der Waals surface area contributed by atoms with E-state index in [1.807, 2.05) is 13.0 Å². The van der Waals surface area contributed by atoms with Crippen molar-refractivity contribution in [3.8, 4) is 0 Å². The van der Waals surface area contributed by atoms with Crippen LogP contribution in [0.1, 0.15) is 47.8 Å². The number of hydrogen-bond donors (Lipinski definition) is 2. The van der Waals surface area contributed by atoms with Gasteiger partial charge in [-0.15, -0.1) is 0 Å². The van der Waals surface area contributed by atoms with E-state index in [-0.39, 0.29) is 0 Å². The lowest BCUT2D eigenvalue weighted by molar-refractivity contribution is 0.354. The van der Waals surface area contributed by atoms with E-state index >= 15 is 0 Å². The van der Waals surface area contributed by atoms with Crippen molar-refractivity contribution in [3.63, 3.8) is 0 Å². The first-order valence-corrected chi connectivity index (χ1v) is 6.61. The number of aromatic nitrogens is 3. The number of aryl methyl sites for hydroxylation is 1. The molecule has 2 N–H and O–H groups in total. The van der Waals surface area contributed by atoms with Crippen LogP contribution < -0.4 is 11.2 Å². The van der Waals surface area contributed by atoms with Crippen molar-refractivity contribution in [1.82, 2.24) is 15.1 Å². The Morgan fingerprint density at radius 1 is 1.35 bits per heavy atom. The molecule has 104 valence electrons. The zero-order chi connectivity index (χ0) is 14.1. The third-order valence-corrected chi connectivity index (χ3v) is 3.71. The maximum atomic E-state index is 11.6. The molecule has 0 unspecified atom stereocenters. The second-order valence-electron chi connectivity index (χ2n) is 5.03. The highest BCUT2D eigenvalue weighted by Crippen LogP contribution is 2.38. The third-order valence-electron chi connectivity index (χ3n) is 3.71. The molecule has 3 rings (SSSR count). The molecule has 2 heterocycles. The van der Waals surface area contributed by atoms with Gasteiger partial charge in [-0.1, -0.05) is 11.6 Å². The second kappa shape index (κ2) is 4.96. The maximum absolute atomic E-state index is 11.6. The molecule has 1 aliphatic rings. The quantitative estimate of drug-likeness (QED) is 0.891. The Hall–Kier alpha value is -2.37. The van der Waals surface area contributed by atoms with E-state index in [1.165, 1.54) is 12.6 Å². The molecule has 2 aromatic heterocycles. The van der Waals surface area contributed by atoms with Gasteiger partial charge < -0.3 is 9.51 Å². The van der Waals surface area contributed by atoms with Gasteiger partial charge in [0.1, 0.15) is 5.76 Å². The number of nitrogens with zero attached hydrogens (tertiary/aromatic N) is 1. The lowest BCUT2D eigenvalue weighted by atomic mass is 9.81. The summed E-state index contributed by atoms with van der Waals surface area (Å²) < 4.78 is 5.25. The van der Waals surface area contributed by atoms with Crippen molar-refractivity contribution in [1.29, 1.82) is 0 Å². The predicted molar refractivity (Wildman–Crippen MR) is 74.4 cm³/mol. The highest BCUT2D eigenvalue weighted by Gasteiger charge is 2.26. The molecule has 2 aromatic rings. The van der Waals surface area contributed by atoms with Crippen LogP contribution in [0, 0.1) is 6.92 Å². The van der Waals surface area contributed by atoms with Gasteiger partial charge in [-0.3, -0.25) is 9.78 Å². The zero-order valence-electron chi connectivity index (χ0n) is 11.1. The normalized spacial score (nSPS) is 15.7. The van der Waals surface area contributed by atoms with Crippen LogP contribution in [0.15, 0.2) is 20.3 Å². The van der Waals surface area contributed by atoms with E-state index in [9.17, 15) is 9.59 Å². The number of hydrogen-bond acceptors (Lipinski definition) is 4. The van der Waals surface area contributed by atoms with E-state index in [1.54, 1.807) is 6.08 Å². The number of rotatable bonds is 3. The average molecular weight is 273 g/mol. The van der Waals surface area contributed by atoms with Gasteiger partial charge in [0.15, 0.2) is 0 Å². The van der Waals surface area contributed by atoms with Crippen molar-refractivity contribution in [2.75, 3.05) is 0 Å². The molecule has 0 bridgehead atoms. The fourth-order valence-electron chi connectivity index (χ4n) is 2.29. The molecule has 0 saturated heterocycles. The first-order valence-electron chi connectivity index (χ1n) is 6.61. The molecular weight excluding hydrogens is 258 g/mol. The fourth-order valence-corrected chi connectivity index (χ4v) is 2.29. The lowest BCUT2D eigenvalue weighted by Gasteiger charge is -2.23. The molecule has 0 atom stereocenters. The molecule has 0 aromatic carbocycles. The van der Waals surface area contributed by atoms with Crippen molar-refractivity contribution in [2.24, 2.45) is 0 Å². The lowest BCUT2D eigenvalue weighted by Crippen LogP contribution is -2.22. The molecule has 0 radical (unpaired) electrons. The van der Waals surface area contributed by atoms with Gasteiger partial charge >= 0.3 is 5.69 Å². The van der Waals surface area contributed by atoms with Gasteiger partial charge in [-0.25, -0.2) is 4.79 Å². The minimum absolute atomic E-state index is 0.393. The first-order chi connectivity index (χ1) is 9.65. The van der Waals surface area contributed by atoms with E-state index in [0.717, 1.165) is 29.9 Å². The summed E-state index contributed by atoms with van der Waals surface area (Å²) in [5, 5.41) is 4.12. The van der Waals surface area contributed by atoms with Gasteiger partial charge in [-0.05, 0) is 31.9 Å². The highest BCUT2D eigenvalue weighted by atomic mass is 16.5. The average Bonchev–Trinajstić information content (AvgIpc) is 2.68. The summed E-state index contributed by atoms with van der Waals surface area (Å²) in [7, 11) is 0. The van der Waals surface area contributed by atoms with Crippen LogP contribution >= 0.6 is 0 Å². The van der Waals surface area contributed by atoms with E-state index in [0.29, 0.717) is 11.5 Å². The van der Waals surface area contributed by atoms with Gasteiger partial charge in [0.2, 0.25) is 0 Å². The summed E-state index contributed by atoms with van der Waals surface area (Å²) in [6.07, 6.45) is 8.36. The van der Waals surface area contributed by atoms with Crippen molar-refractivity contribution < 1.29 is 4.52 Å². The third kappa shape index (κ3) is 2.24. The van der Waals surface area contributed by atoms with Crippen LogP contribution in [-0.2, 0) is 0 Å². The summed E-state index contributed by atoms with van der Waals surface area (Å²) in [5.41, 5.74) is 1.36. The summed E-state index contributed by atoms with van der Waals surface area (Å²) in [6.45, 7) is 1.85. The molecule has 1 saturated carbocycles. The van der Waals surface area contributed by atoms with Crippen molar-refractivity contribution in [3.05, 3.63) is 49.6 Å². The predicted octanol–water partition coefficient (Wildman–Crippen LogP) is 1.80. The van der Waals surface area contributed by atoms with Crippen LogP contribution in [0.3, 0.4) is 0 Å². The minimum Gasteiger partial charge on any atom is -0.361 e. The minimum atomic E-state index is -0.511. The molecule has 6 nitrogen and oxygen atoms in total. The Morgan fingerprint density at radius 2 is 2.15 bits per heavy atom. The summed E-state index contributed by atoms with van der Waals surface area (Å²) >= 11 is 0.